The van der Waals surface area contributed by atoms with Gasteiger partial charge in [-0.05, 0) is 43.2 Å². The molecule has 1 aromatic heterocycles. The maximum atomic E-state index is 12.9. The molecule has 0 N–H and O–H groups in total. The highest BCUT2D eigenvalue weighted by Gasteiger charge is 2.38. The number of sulfonamides is 1. The fraction of sp³-hybridized carbons (Fsp3) is 0.312. The van der Waals surface area contributed by atoms with E-state index in [9.17, 15) is 8.42 Å². The second-order valence-corrected chi connectivity index (χ2v) is 7.75. The Morgan fingerprint density at radius 2 is 2.13 bits per heavy atom. The predicted octanol–water partition coefficient (Wildman–Crippen LogP) is 3.10. The molecule has 1 fully saturated rings. The van der Waals surface area contributed by atoms with Crippen LogP contribution in [0.3, 0.4) is 0 Å². The third-order valence-electron chi connectivity index (χ3n) is 3.76. The van der Waals surface area contributed by atoms with E-state index in [2.05, 4.69) is 4.98 Å². The minimum atomic E-state index is -3.60. The Kier molecular flexibility index (Phi) is 4.57. The number of hydrogen-bond donors (Lipinski definition) is 0. The first-order valence-electron chi connectivity index (χ1n) is 7.26. The number of pyridine rings is 1. The Morgan fingerprint density at radius 1 is 1.35 bits per heavy atom. The molecule has 5 nitrogen and oxygen atoms in total. The molecule has 2 aromatic rings. The Morgan fingerprint density at radius 3 is 2.74 bits per heavy atom. The number of benzene rings is 1. The SMILES string of the molecule is COc1ccc(Cl)cc1CN(C1CC1)S(=O)(=O)c1cccnc1. The average molecular weight is 353 g/mol. The Balaban J connectivity index is 1.96. The lowest BCUT2D eigenvalue weighted by atomic mass is 10.2. The van der Waals surface area contributed by atoms with Gasteiger partial charge >= 0.3 is 0 Å². The summed E-state index contributed by atoms with van der Waals surface area (Å²) in [4.78, 5) is 4.12. The largest absolute Gasteiger partial charge is 0.496 e. The number of methoxy groups -OCH3 is 1. The second-order valence-electron chi connectivity index (χ2n) is 5.43. The topological polar surface area (TPSA) is 59.5 Å². The molecular weight excluding hydrogens is 336 g/mol. The van der Waals surface area contributed by atoms with Crippen LogP contribution in [0.25, 0.3) is 0 Å². The van der Waals surface area contributed by atoms with Gasteiger partial charge in [0, 0.05) is 35.6 Å². The molecule has 0 bridgehead atoms. The monoisotopic (exact) mass is 352 g/mol. The van der Waals surface area contributed by atoms with Gasteiger partial charge in [0.15, 0.2) is 0 Å². The summed E-state index contributed by atoms with van der Waals surface area (Å²) in [6, 6.07) is 8.42. The van der Waals surface area contributed by atoms with E-state index in [1.165, 1.54) is 10.5 Å². The number of rotatable bonds is 6. The summed E-state index contributed by atoms with van der Waals surface area (Å²) in [5, 5.41) is 0.551. The standard InChI is InChI=1S/C16H17ClN2O3S/c1-22-16-7-4-13(17)9-12(16)11-19(14-5-6-14)23(20,21)15-3-2-8-18-10-15/h2-4,7-10,14H,5-6,11H2,1H3. The summed E-state index contributed by atoms with van der Waals surface area (Å²) in [6.07, 6.45) is 4.66. The summed E-state index contributed by atoms with van der Waals surface area (Å²) >= 11 is 6.05. The second kappa shape index (κ2) is 6.47. The lowest BCUT2D eigenvalue weighted by molar-refractivity contribution is 0.374. The molecular formula is C16H17ClN2O3S. The molecule has 1 saturated carbocycles. The highest BCUT2D eigenvalue weighted by atomic mass is 35.5. The maximum Gasteiger partial charge on any atom is 0.245 e. The summed E-state index contributed by atoms with van der Waals surface area (Å²) in [5.74, 6) is 0.626. The summed E-state index contributed by atoms with van der Waals surface area (Å²) in [6.45, 7) is 0.228. The van der Waals surface area contributed by atoms with Gasteiger partial charge < -0.3 is 4.74 Å². The van der Waals surface area contributed by atoms with Gasteiger partial charge in [0.05, 0.1) is 7.11 Å². The van der Waals surface area contributed by atoms with Crippen LogP contribution in [0.4, 0.5) is 0 Å². The van der Waals surface area contributed by atoms with Crippen LogP contribution in [-0.2, 0) is 16.6 Å². The number of hydrogen-bond acceptors (Lipinski definition) is 4. The first-order chi connectivity index (χ1) is 11.0. The van der Waals surface area contributed by atoms with Crippen molar-refractivity contribution < 1.29 is 13.2 Å². The summed E-state index contributed by atoms with van der Waals surface area (Å²) < 4.78 is 32.7. The van der Waals surface area contributed by atoms with Crippen molar-refractivity contribution in [1.82, 2.24) is 9.29 Å². The molecule has 0 radical (unpaired) electrons. The van der Waals surface area contributed by atoms with Crippen molar-refractivity contribution in [3.63, 3.8) is 0 Å². The van der Waals surface area contributed by atoms with Crippen LogP contribution in [0.2, 0.25) is 5.02 Å². The van der Waals surface area contributed by atoms with E-state index in [1.54, 1.807) is 43.6 Å². The van der Waals surface area contributed by atoms with Crippen molar-refractivity contribution in [2.24, 2.45) is 0 Å². The summed E-state index contributed by atoms with van der Waals surface area (Å²) in [5.41, 5.74) is 0.749. The highest BCUT2D eigenvalue weighted by Crippen LogP contribution is 2.35. The van der Waals surface area contributed by atoms with Crippen LogP contribution in [-0.4, -0.2) is 30.9 Å². The molecule has 1 aliphatic carbocycles. The van der Waals surface area contributed by atoms with Crippen molar-refractivity contribution >= 4 is 21.6 Å². The van der Waals surface area contributed by atoms with Gasteiger partial charge in [-0.15, -0.1) is 0 Å². The van der Waals surface area contributed by atoms with Gasteiger partial charge in [-0.1, -0.05) is 11.6 Å². The van der Waals surface area contributed by atoms with Crippen LogP contribution in [0.1, 0.15) is 18.4 Å². The van der Waals surface area contributed by atoms with Gasteiger partial charge in [-0.3, -0.25) is 4.98 Å². The Labute approximate surface area is 140 Å². The van der Waals surface area contributed by atoms with Gasteiger partial charge in [-0.2, -0.15) is 4.31 Å². The zero-order valence-electron chi connectivity index (χ0n) is 12.6. The molecule has 23 heavy (non-hydrogen) atoms. The predicted molar refractivity (Wildman–Crippen MR) is 88.0 cm³/mol. The molecule has 0 unspecified atom stereocenters. The molecule has 0 amide bonds. The molecule has 122 valence electrons. The van der Waals surface area contributed by atoms with E-state index in [0.29, 0.717) is 10.8 Å². The van der Waals surface area contributed by atoms with E-state index >= 15 is 0 Å². The normalized spacial score (nSPS) is 14.9. The lowest BCUT2D eigenvalue weighted by Crippen LogP contribution is -2.32. The molecule has 3 rings (SSSR count). The Bertz CT molecular complexity index is 792. The van der Waals surface area contributed by atoms with Crippen LogP contribution >= 0.6 is 11.6 Å². The van der Waals surface area contributed by atoms with Crippen molar-refractivity contribution in [1.29, 1.82) is 0 Å². The molecule has 1 heterocycles. The van der Waals surface area contributed by atoms with Gasteiger partial charge in [0.1, 0.15) is 10.6 Å². The van der Waals surface area contributed by atoms with Crippen LogP contribution < -0.4 is 4.74 Å². The van der Waals surface area contributed by atoms with Crippen molar-refractivity contribution in [2.75, 3.05) is 7.11 Å². The number of aromatic nitrogens is 1. The third kappa shape index (κ3) is 3.49. The fourth-order valence-corrected chi connectivity index (χ4v) is 4.27. The van der Waals surface area contributed by atoms with Crippen molar-refractivity contribution in [3.05, 3.63) is 53.3 Å². The number of nitrogens with zero attached hydrogens (tertiary/aromatic N) is 2. The first-order valence-corrected chi connectivity index (χ1v) is 9.08. The highest BCUT2D eigenvalue weighted by molar-refractivity contribution is 7.89. The van der Waals surface area contributed by atoms with Crippen LogP contribution in [0, 0.1) is 0 Å². The molecule has 0 atom stereocenters. The molecule has 0 saturated heterocycles. The third-order valence-corrected chi connectivity index (χ3v) is 5.88. The van der Waals surface area contributed by atoms with E-state index in [1.807, 2.05) is 0 Å². The molecule has 0 spiro atoms. The van der Waals surface area contributed by atoms with Gasteiger partial charge in [0.2, 0.25) is 10.0 Å². The Hall–Kier alpha value is -1.63. The van der Waals surface area contributed by atoms with E-state index in [0.717, 1.165) is 18.4 Å². The first kappa shape index (κ1) is 16.2. The lowest BCUT2D eigenvalue weighted by Gasteiger charge is -2.23. The van der Waals surface area contributed by atoms with Crippen LogP contribution in [0.15, 0.2) is 47.6 Å². The van der Waals surface area contributed by atoms with Crippen molar-refractivity contribution in [3.8, 4) is 5.75 Å². The van der Waals surface area contributed by atoms with Crippen LogP contribution in [0.5, 0.6) is 5.75 Å². The fourth-order valence-electron chi connectivity index (χ4n) is 2.45. The minimum absolute atomic E-state index is 0.0175. The summed E-state index contributed by atoms with van der Waals surface area (Å²) in [7, 11) is -2.04. The minimum Gasteiger partial charge on any atom is -0.496 e. The molecule has 1 aliphatic rings. The molecule has 0 aliphatic heterocycles. The van der Waals surface area contributed by atoms with E-state index < -0.39 is 10.0 Å². The molecule has 7 heteroatoms. The smallest absolute Gasteiger partial charge is 0.245 e. The van der Waals surface area contributed by atoms with Gasteiger partial charge in [-0.25, -0.2) is 8.42 Å². The molecule has 1 aromatic carbocycles. The maximum absolute atomic E-state index is 12.9. The number of halogens is 1. The van der Waals surface area contributed by atoms with Gasteiger partial charge in [0.25, 0.3) is 0 Å². The quantitative estimate of drug-likeness (QED) is 0.801. The average Bonchev–Trinajstić information content (AvgIpc) is 3.38. The van der Waals surface area contributed by atoms with E-state index in [-0.39, 0.29) is 17.5 Å². The zero-order valence-corrected chi connectivity index (χ0v) is 14.2. The van der Waals surface area contributed by atoms with E-state index in [4.69, 9.17) is 16.3 Å². The zero-order chi connectivity index (χ0) is 16.4. The van der Waals surface area contributed by atoms with Crippen molar-refractivity contribution in [2.45, 2.75) is 30.3 Å². The number of ether oxygens (including phenoxy) is 1.